The third-order valence-corrected chi connectivity index (χ3v) is 5.23. The Balaban J connectivity index is 1.77. The maximum absolute atomic E-state index is 12.4. The molecule has 1 amide bonds. The second-order valence-corrected chi connectivity index (χ2v) is 7.34. The number of amides is 1. The lowest BCUT2D eigenvalue weighted by Gasteiger charge is -2.26. The molecule has 1 saturated heterocycles. The highest BCUT2D eigenvalue weighted by molar-refractivity contribution is 5.76. The van der Waals surface area contributed by atoms with E-state index in [-0.39, 0.29) is 12.2 Å². The molecule has 1 atom stereocenters. The highest BCUT2D eigenvalue weighted by atomic mass is 16.4. The van der Waals surface area contributed by atoms with E-state index in [0.29, 0.717) is 23.5 Å². The topological polar surface area (TPSA) is 127 Å². The van der Waals surface area contributed by atoms with Gasteiger partial charge in [-0.2, -0.15) is 5.10 Å². The lowest BCUT2D eigenvalue weighted by atomic mass is 9.94. The van der Waals surface area contributed by atoms with E-state index in [1.54, 1.807) is 29.2 Å². The normalized spacial score (nSPS) is 16.1. The first-order chi connectivity index (χ1) is 14.0. The molecule has 1 aliphatic heterocycles. The number of likely N-dealkylation sites (tertiary alicyclic amines) is 1. The van der Waals surface area contributed by atoms with Crippen LogP contribution in [0, 0.1) is 0 Å². The molecule has 4 heterocycles. The first-order valence-electron chi connectivity index (χ1n) is 9.67. The summed E-state index contributed by atoms with van der Waals surface area (Å²) in [5, 5.41) is 14.7. The fourth-order valence-electron chi connectivity index (χ4n) is 3.84. The minimum absolute atomic E-state index is 0.0175. The molecule has 3 N–H and O–H groups in total. The highest BCUT2D eigenvalue weighted by Crippen LogP contribution is 2.34. The molecule has 9 heteroatoms. The Morgan fingerprint density at radius 1 is 1.31 bits per heavy atom. The number of aromatic nitrogens is 3. The van der Waals surface area contributed by atoms with Crippen LogP contribution in [-0.2, 0) is 11.3 Å². The SMILES string of the molecule is NC(=O)CC(c1oc(CN2CCCCC2)cc(=O)c1O)c1cnn2cccnc12. The minimum Gasteiger partial charge on any atom is -0.502 e. The molecule has 152 valence electrons. The Morgan fingerprint density at radius 2 is 2.10 bits per heavy atom. The lowest BCUT2D eigenvalue weighted by molar-refractivity contribution is -0.118. The van der Waals surface area contributed by atoms with Crippen molar-refractivity contribution in [3.63, 3.8) is 0 Å². The van der Waals surface area contributed by atoms with Crippen molar-refractivity contribution in [2.45, 2.75) is 38.1 Å². The fraction of sp³-hybridized carbons (Fsp3) is 0.400. The van der Waals surface area contributed by atoms with Crippen LogP contribution in [0.2, 0.25) is 0 Å². The van der Waals surface area contributed by atoms with E-state index in [4.69, 9.17) is 10.2 Å². The van der Waals surface area contributed by atoms with Gasteiger partial charge in [-0.05, 0) is 32.0 Å². The van der Waals surface area contributed by atoms with Crippen molar-refractivity contribution in [2.75, 3.05) is 13.1 Å². The van der Waals surface area contributed by atoms with Gasteiger partial charge in [-0.25, -0.2) is 9.50 Å². The van der Waals surface area contributed by atoms with Crippen LogP contribution in [0.5, 0.6) is 5.75 Å². The zero-order valence-corrected chi connectivity index (χ0v) is 16.0. The van der Waals surface area contributed by atoms with Gasteiger partial charge in [0, 0.05) is 30.4 Å². The number of aromatic hydroxyl groups is 1. The Labute approximate surface area is 166 Å². The first-order valence-corrected chi connectivity index (χ1v) is 9.67. The van der Waals surface area contributed by atoms with Gasteiger partial charge in [-0.15, -0.1) is 0 Å². The quantitative estimate of drug-likeness (QED) is 0.643. The van der Waals surface area contributed by atoms with Crippen LogP contribution in [0.15, 0.2) is 39.9 Å². The fourth-order valence-corrected chi connectivity index (χ4v) is 3.84. The summed E-state index contributed by atoms with van der Waals surface area (Å²) in [5.74, 6) is -1.41. The summed E-state index contributed by atoms with van der Waals surface area (Å²) in [7, 11) is 0. The Bertz CT molecular complexity index is 1080. The number of hydrogen-bond acceptors (Lipinski definition) is 7. The predicted octanol–water partition coefficient (Wildman–Crippen LogP) is 1.38. The molecule has 0 aliphatic carbocycles. The molecule has 3 aromatic rings. The van der Waals surface area contributed by atoms with E-state index >= 15 is 0 Å². The number of rotatable bonds is 6. The molecule has 1 aliphatic rings. The predicted molar refractivity (Wildman–Crippen MR) is 104 cm³/mol. The molecule has 9 nitrogen and oxygen atoms in total. The van der Waals surface area contributed by atoms with E-state index in [1.807, 2.05) is 0 Å². The number of nitrogens with zero attached hydrogens (tertiary/aromatic N) is 4. The van der Waals surface area contributed by atoms with Crippen LogP contribution in [0.4, 0.5) is 0 Å². The third-order valence-electron chi connectivity index (χ3n) is 5.23. The average molecular weight is 397 g/mol. The molecule has 1 unspecified atom stereocenters. The number of piperidine rings is 1. The van der Waals surface area contributed by atoms with E-state index in [1.165, 1.54) is 12.5 Å². The van der Waals surface area contributed by atoms with Gasteiger partial charge in [0.2, 0.25) is 17.1 Å². The van der Waals surface area contributed by atoms with Crippen molar-refractivity contribution < 1.29 is 14.3 Å². The van der Waals surface area contributed by atoms with E-state index in [9.17, 15) is 14.7 Å². The van der Waals surface area contributed by atoms with Crippen LogP contribution < -0.4 is 11.2 Å². The zero-order chi connectivity index (χ0) is 20.4. The number of carbonyl (C=O) groups excluding carboxylic acids is 1. The summed E-state index contributed by atoms with van der Waals surface area (Å²) in [5.41, 5.74) is 5.97. The maximum atomic E-state index is 12.4. The number of nitrogens with two attached hydrogens (primary N) is 1. The molecular weight excluding hydrogens is 374 g/mol. The van der Waals surface area contributed by atoms with Crippen molar-refractivity contribution in [1.82, 2.24) is 19.5 Å². The first kappa shape index (κ1) is 19.1. The molecule has 0 aromatic carbocycles. The van der Waals surface area contributed by atoms with Crippen LogP contribution >= 0.6 is 0 Å². The van der Waals surface area contributed by atoms with E-state index in [2.05, 4.69) is 15.0 Å². The van der Waals surface area contributed by atoms with E-state index < -0.39 is 23.0 Å². The van der Waals surface area contributed by atoms with Gasteiger partial charge in [0.25, 0.3) is 0 Å². The smallest absolute Gasteiger partial charge is 0.227 e. The number of hydrogen-bond donors (Lipinski definition) is 2. The summed E-state index contributed by atoms with van der Waals surface area (Å²) < 4.78 is 7.51. The third kappa shape index (κ3) is 4.00. The van der Waals surface area contributed by atoms with Crippen molar-refractivity contribution in [2.24, 2.45) is 5.73 Å². The Hall–Kier alpha value is -3.20. The highest BCUT2D eigenvalue weighted by Gasteiger charge is 2.28. The summed E-state index contributed by atoms with van der Waals surface area (Å²) >= 11 is 0. The van der Waals surface area contributed by atoms with Gasteiger partial charge in [-0.1, -0.05) is 6.42 Å². The van der Waals surface area contributed by atoms with Crippen molar-refractivity contribution in [3.8, 4) is 5.75 Å². The van der Waals surface area contributed by atoms with Gasteiger partial charge >= 0.3 is 0 Å². The van der Waals surface area contributed by atoms with Gasteiger partial charge in [0.1, 0.15) is 5.76 Å². The number of fused-ring (bicyclic) bond motifs is 1. The summed E-state index contributed by atoms with van der Waals surface area (Å²) in [6.07, 6.45) is 8.12. The monoisotopic (exact) mass is 397 g/mol. The van der Waals surface area contributed by atoms with Crippen LogP contribution in [0.25, 0.3) is 5.65 Å². The van der Waals surface area contributed by atoms with Gasteiger partial charge < -0.3 is 15.3 Å². The van der Waals surface area contributed by atoms with E-state index in [0.717, 1.165) is 25.9 Å². The number of primary amides is 1. The maximum Gasteiger partial charge on any atom is 0.227 e. The lowest BCUT2D eigenvalue weighted by Crippen LogP contribution is -2.29. The molecule has 0 spiro atoms. The molecule has 3 aromatic heterocycles. The van der Waals surface area contributed by atoms with Gasteiger partial charge in [0.15, 0.2) is 11.4 Å². The summed E-state index contributed by atoms with van der Waals surface area (Å²) in [6.45, 7) is 2.34. The summed E-state index contributed by atoms with van der Waals surface area (Å²) in [6, 6.07) is 3.03. The van der Waals surface area contributed by atoms with Crippen molar-refractivity contribution in [1.29, 1.82) is 0 Å². The Kier molecular flexibility index (Phi) is 5.30. The second-order valence-electron chi connectivity index (χ2n) is 7.34. The van der Waals surface area contributed by atoms with Crippen LogP contribution in [-0.4, -0.2) is 43.6 Å². The average Bonchev–Trinajstić information content (AvgIpc) is 3.13. The molecule has 4 rings (SSSR count). The molecule has 1 fully saturated rings. The van der Waals surface area contributed by atoms with Crippen molar-refractivity contribution in [3.05, 3.63) is 58.0 Å². The number of carbonyl (C=O) groups is 1. The molecular formula is C20H23N5O4. The minimum atomic E-state index is -0.770. The molecule has 29 heavy (non-hydrogen) atoms. The molecule has 0 radical (unpaired) electrons. The van der Waals surface area contributed by atoms with Crippen molar-refractivity contribution >= 4 is 11.6 Å². The summed E-state index contributed by atoms with van der Waals surface area (Å²) in [4.78, 5) is 30.7. The standard InChI is InChI=1S/C20H23N5O4/c21-17(27)10-14(15-11-23-25-8-4-5-22-20(15)25)19-18(28)16(26)9-13(29-19)12-24-6-2-1-3-7-24/h4-5,8-9,11,14,28H,1-3,6-7,10,12H2,(H2,21,27). The zero-order valence-electron chi connectivity index (χ0n) is 16.0. The van der Waals surface area contributed by atoms with Crippen LogP contribution in [0.3, 0.4) is 0 Å². The van der Waals surface area contributed by atoms with Gasteiger partial charge in [0.05, 0.1) is 18.7 Å². The molecule has 0 bridgehead atoms. The van der Waals surface area contributed by atoms with Crippen LogP contribution in [0.1, 0.15) is 48.7 Å². The van der Waals surface area contributed by atoms with Gasteiger partial charge in [-0.3, -0.25) is 14.5 Å². The largest absolute Gasteiger partial charge is 0.502 e. The second kappa shape index (κ2) is 8.04. The molecule has 0 saturated carbocycles. The Morgan fingerprint density at radius 3 is 2.86 bits per heavy atom.